The number of hydrogen-bond donors (Lipinski definition) is 4. The number of guanidine groups is 1. The normalized spacial score (nSPS) is 11.8. The van der Waals surface area contributed by atoms with Crippen LogP contribution in [-0.2, 0) is 17.4 Å². The third-order valence-corrected chi connectivity index (χ3v) is 3.86. The van der Waals surface area contributed by atoms with E-state index in [0.29, 0.717) is 31.2 Å². The van der Waals surface area contributed by atoms with E-state index >= 15 is 0 Å². The molecule has 0 aliphatic carbocycles. The van der Waals surface area contributed by atoms with Crippen LogP contribution in [0, 0.1) is 0 Å². The van der Waals surface area contributed by atoms with Gasteiger partial charge in [0.05, 0.1) is 5.56 Å². The van der Waals surface area contributed by atoms with Crippen LogP contribution in [0.5, 0.6) is 5.75 Å². The van der Waals surface area contributed by atoms with Gasteiger partial charge in [-0.1, -0.05) is 12.1 Å². The number of nitrogens with zero attached hydrogens (tertiary/aromatic N) is 1. The molecule has 0 aliphatic heterocycles. The summed E-state index contributed by atoms with van der Waals surface area (Å²) in [4.78, 5) is 16.2. The number of rotatable bonds is 7. The van der Waals surface area contributed by atoms with Gasteiger partial charge in [0.15, 0.2) is 5.96 Å². The van der Waals surface area contributed by atoms with Crippen molar-refractivity contribution in [2.75, 3.05) is 25.0 Å². The Bertz CT molecular complexity index is 819. The van der Waals surface area contributed by atoms with Crippen molar-refractivity contribution in [3.63, 3.8) is 0 Å². The van der Waals surface area contributed by atoms with Crippen LogP contribution in [-0.4, -0.2) is 36.6 Å². The first kappa shape index (κ1) is 22.1. The van der Waals surface area contributed by atoms with Crippen LogP contribution in [0.4, 0.5) is 18.9 Å². The summed E-state index contributed by atoms with van der Waals surface area (Å²) in [5.74, 6) is 0.212. The lowest BCUT2D eigenvalue weighted by atomic mass is 10.1. The SMILES string of the molecule is CCNC(=NCC(=O)Nc1ccc(O)cc1)NCCc1ccc(C(F)(F)F)cc1. The number of amides is 1. The smallest absolute Gasteiger partial charge is 0.416 e. The van der Waals surface area contributed by atoms with Gasteiger partial charge < -0.3 is 21.1 Å². The number of benzene rings is 2. The maximum Gasteiger partial charge on any atom is 0.416 e. The van der Waals surface area contributed by atoms with Crippen LogP contribution >= 0.6 is 0 Å². The second-order valence-electron chi connectivity index (χ2n) is 6.16. The first-order valence-corrected chi connectivity index (χ1v) is 9.05. The summed E-state index contributed by atoms with van der Waals surface area (Å²) >= 11 is 0. The molecule has 0 heterocycles. The monoisotopic (exact) mass is 408 g/mol. The highest BCUT2D eigenvalue weighted by Crippen LogP contribution is 2.29. The number of phenolic OH excluding ortho intramolecular Hbond substituents is 1. The zero-order valence-electron chi connectivity index (χ0n) is 15.9. The fourth-order valence-electron chi connectivity index (χ4n) is 2.42. The molecule has 2 aromatic rings. The molecule has 0 spiro atoms. The van der Waals surface area contributed by atoms with Crippen molar-refractivity contribution in [3.05, 3.63) is 59.7 Å². The molecular formula is C20H23F3N4O2. The van der Waals surface area contributed by atoms with Gasteiger partial charge in [0.1, 0.15) is 12.3 Å². The van der Waals surface area contributed by atoms with E-state index in [1.807, 2.05) is 6.92 Å². The molecular weight excluding hydrogens is 385 g/mol. The second kappa shape index (κ2) is 10.4. The zero-order valence-corrected chi connectivity index (χ0v) is 15.9. The van der Waals surface area contributed by atoms with E-state index in [1.54, 1.807) is 12.1 Å². The highest BCUT2D eigenvalue weighted by Gasteiger charge is 2.29. The molecule has 0 aromatic heterocycles. The number of alkyl halides is 3. The Hall–Kier alpha value is -3.23. The number of carbonyl (C=O) groups excluding carboxylic acids is 1. The molecule has 4 N–H and O–H groups in total. The number of carbonyl (C=O) groups is 1. The standard InChI is InChI=1S/C20H23F3N4O2/c1-2-24-19(26-13-18(29)27-16-7-9-17(28)10-8-16)25-12-11-14-3-5-15(6-4-14)20(21,22)23/h3-10,28H,2,11-13H2,1H3,(H,27,29)(H2,24,25,26). The van der Waals surface area contributed by atoms with Crippen molar-refractivity contribution in [2.45, 2.75) is 19.5 Å². The van der Waals surface area contributed by atoms with Crippen molar-refractivity contribution in [1.29, 1.82) is 0 Å². The molecule has 9 heteroatoms. The second-order valence-corrected chi connectivity index (χ2v) is 6.16. The Morgan fingerprint density at radius 1 is 1.03 bits per heavy atom. The van der Waals surface area contributed by atoms with Crippen molar-refractivity contribution in [1.82, 2.24) is 10.6 Å². The summed E-state index contributed by atoms with van der Waals surface area (Å²) in [6.07, 6.45) is -3.84. The van der Waals surface area contributed by atoms with Gasteiger partial charge in [-0.25, -0.2) is 4.99 Å². The van der Waals surface area contributed by atoms with Gasteiger partial charge in [0.2, 0.25) is 5.91 Å². The minimum absolute atomic E-state index is 0.104. The molecule has 0 bridgehead atoms. The summed E-state index contributed by atoms with van der Waals surface area (Å²) in [6, 6.07) is 11.1. The Morgan fingerprint density at radius 3 is 2.28 bits per heavy atom. The molecule has 0 radical (unpaired) electrons. The van der Waals surface area contributed by atoms with Crippen LogP contribution in [0.1, 0.15) is 18.1 Å². The molecule has 1 amide bonds. The lowest BCUT2D eigenvalue weighted by Crippen LogP contribution is -2.39. The zero-order chi connectivity index (χ0) is 21.3. The number of anilines is 1. The van der Waals surface area contributed by atoms with Crippen LogP contribution in [0.3, 0.4) is 0 Å². The molecule has 2 rings (SSSR count). The van der Waals surface area contributed by atoms with Crippen LogP contribution in [0.2, 0.25) is 0 Å². The number of aromatic hydroxyl groups is 1. The molecule has 156 valence electrons. The minimum Gasteiger partial charge on any atom is -0.508 e. The topological polar surface area (TPSA) is 85.8 Å². The molecule has 0 saturated carbocycles. The lowest BCUT2D eigenvalue weighted by Gasteiger charge is -2.12. The molecule has 0 atom stereocenters. The van der Waals surface area contributed by atoms with E-state index in [9.17, 15) is 23.1 Å². The molecule has 0 unspecified atom stereocenters. The van der Waals surface area contributed by atoms with Crippen molar-refractivity contribution in [2.24, 2.45) is 4.99 Å². The van der Waals surface area contributed by atoms with Gasteiger partial charge in [-0.3, -0.25) is 4.79 Å². The fourth-order valence-corrected chi connectivity index (χ4v) is 2.42. The van der Waals surface area contributed by atoms with Gasteiger partial charge in [-0.2, -0.15) is 13.2 Å². The fraction of sp³-hybridized carbons (Fsp3) is 0.300. The summed E-state index contributed by atoms with van der Waals surface area (Å²) in [7, 11) is 0. The summed E-state index contributed by atoms with van der Waals surface area (Å²) in [5, 5.41) is 17.9. The molecule has 0 saturated heterocycles. The largest absolute Gasteiger partial charge is 0.508 e. The molecule has 0 fully saturated rings. The van der Waals surface area contributed by atoms with Crippen LogP contribution < -0.4 is 16.0 Å². The third kappa shape index (κ3) is 7.73. The Kier molecular flexibility index (Phi) is 7.88. The van der Waals surface area contributed by atoms with Crippen molar-refractivity contribution < 1.29 is 23.1 Å². The maximum absolute atomic E-state index is 12.6. The van der Waals surface area contributed by atoms with Gasteiger partial charge >= 0.3 is 6.18 Å². The first-order chi connectivity index (χ1) is 13.8. The molecule has 2 aromatic carbocycles. The predicted molar refractivity (Wildman–Crippen MR) is 106 cm³/mol. The maximum atomic E-state index is 12.6. The van der Waals surface area contributed by atoms with Crippen molar-refractivity contribution in [3.8, 4) is 5.75 Å². The average Bonchev–Trinajstić information content (AvgIpc) is 2.67. The average molecular weight is 408 g/mol. The quantitative estimate of drug-likeness (QED) is 0.322. The predicted octanol–water partition coefficient (Wildman–Crippen LogP) is 3.15. The Balaban J connectivity index is 1.83. The van der Waals surface area contributed by atoms with Gasteiger partial charge in [0.25, 0.3) is 0 Å². The summed E-state index contributed by atoms with van der Waals surface area (Å²) < 4.78 is 37.8. The van der Waals surface area contributed by atoms with E-state index in [4.69, 9.17) is 0 Å². The highest BCUT2D eigenvalue weighted by molar-refractivity contribution is 5.94. The number of halogens is 3. The Morgan fingerprint density at radius 2 is 1.69 bits per heavy atom. The minimum atomic E-state index is -4.34. The van der Waals surface area contributed by atoms with Crippen molar-refractivity contribution >= 4 is 17.6 Å². The van der Waals surface area contributed by atoms with Crippen LogP contribution in [0.25, 0.3) is 0 Å². The van der Waals surface area contributed by atoms with E-state index in [1.165, 1.54) is 24.3 Å². The van der Waals surface area contributed by atoms with E-state index in [-0.39, 0.29) is 18.2 Å². The third-order valence-electron chi connectivity index (χ3n) is 3.86. The van der Waals surface area contributed by atoms with Crippen LogP contribution in [0.15, 0.2) is 53.5 Å². The first-order valence-electron chi connectivity index (χ1n) is 9.05. The van der Waals surface area contributed by atoms with Gasteiger partial charge in [0, 0.05) is 18.8 Å². The van der Waals surface area contributed by atoms with Gasteiger partial charge in [-0.15, -0.1) is 0 Å². The van der Waals surface area contributed by atoms with E-state index in [0.717, 1.165) is 17.7 Å². The molecule has 29 heavy (non-hydrogen) atoms. The molecule has 6 nitrogen and oxygen atoms in total. The summed E-state index contributed by atoms with van der Waals surface area (Å²) in [5.41, 5.74) is 0.624. The summed E-state index contributed by atoms with van der Waals surface area (Å²) in [6.45, 7) is 2.79. The van der Waals surface area contributed by atoms with Gasteiger partial charge in [-0.05, 0) is 55.3 Å². The molecule has 0 aliphatic rings. The number of hydrogen-bond acceptors (Lipinski definition) is 3. The lowest BCUT2D eigenvalue weighted by molar-refractivity contribution is -0.137. The number of phenols is 1. The number of nitrogens with one attached hydrogen (secondary N) is 3. The Labute approximate surface area is 166 Å². The number of aliphatic imine (C=N–C) groups is 1. The van der Waals surface area contributed by atoms with E-state index < -0.39 is 11.7 Å². The van der Waals surface area contributed by atoms with E-state index in [2.05, 4.69) is 20.9 Å². The highest BCUT2D eigenvalue weighted by atomic mass is 19.4.